The van der Waals surface area contributed by atoms with E-state index in [4.69, 9.17) is 0 Å². The summed E-state index contributed by atoms with van der Waals surface area (Å²) in [6, 6.07) is 0. The lowest BCUT2D eigenvalue weighted by Gasteiger charge is -2.55. The molecule has 2 rings (SSSR count). The van der Waals surface area contributed by atoms with Crippen molar-refractivity contribution < 1.29 is 0 Å². The molecule has 0 unspecified atom stereocenters. The smallest absolute Gasteiger partial charge is 0.0203 e. The summed E-state index contributed by atoms with van der Waals surface area (Å²) in [6.45, 7) is 18.8. The van der Waals surface area contributed by atoms with Crippen molar-refractivity contribution in [2.75, 3.05) is 0 Å². The molecule has 0 aromatic heterocycles. The van der Waals surface area contributed by atoms with Crippen LogP contribution in [0, 0.1) is 22.7 Å². The van der Waals surface area contributed by atoms with Crippen molar-refractivity contribution in [3.8, 4) is 0 Å². The van der Waals surface area contributed by atoms with Crippen LogP contribution in [-0.4, -0.2) is 0 Å². The third-order valence-corrected chi connectivity index (χ3v) is 7.87. The topological polar surface area (TPSA) is 0 Å². The quantitative estimate of drug-likeness (QED) is 0.384. The van der Waals surface area contributed by atoms with Crippen molar-refractivity contribution in [2.24, 2.45) is 22.7 Å². The van der Waals surface area contributed by atoms with E-state index in [-0.39, 0.29) is 0 Å². The maximum absolute atomic E-state index is 4.25. The molecular formula is C26H42. The van der Waals surface area contributed by atoms with E-state index in [1.54, 1.807) is 0 Å². The van der Waals surface area contributed by atoms with Gasteiger partial charge in [0.05, 0.1) is 0 Å². The predicted molar refractivity (Wildman–Crippen MR) is 117 cm³/mol. The molecule has 2 saturated carbocycles. The first kappa shape index (κ1) is 21.3. The van der Waals surface area contributed by atoms with Gasteiger partial charge in [-0.2, -0.15) is 0 Å². The minimum absolute atomic E-state index is 0.431. The number of hydrogen-bond donors (Lipinski definition) is 0. The van der Waals surface area contributed by atoms with Gasteiger partial charge in [-0.3, -0.25) is 0 Å². The minimum Gasteiger partial charge on any atom is -0.103 e. The zero-order valence-electron chi connectivity index (χ0n) is 17.4. The van der Waals surface area contributed by atoms with Crippen LogP contribution in [0.25, 0.3) is 0 Å². The lowest BCUT2D eigenvalue weighted by atomic mass is 9.49. The van der Waals surface area contributed by atoms with Gasteiger partial charge in [-0.05, 0) is 87.4 Å². The van der Waals surface area contributed by atoms with Gasteiger partial charge >= 0.3 is 0 Å². The normalized spacial score (nSPS) is 35.7. The van der Waals surface area contributed by atoms with Crippen LogP contribution in [0.5, 0.6) is 0 Å². The van der Waals surface area contributed by atoms with Crippen LogP contribution < -0.4 is 0 Å². The minimum atomic E-state index is 0.431. The van der Waals surface area contributed by atoms with Gasteiger partial charge in [-0.25, -0.2) is 0 Å². The molecule has 0 aliphatic heterocycles. The van der Waals surface area contributed by atoms with Crippen molar-refractivity contribution in [3.63, 3.8) is 0 Å². The van der Waals surface area contributed by atoms with Crippen LogP contribution in [-0.2, 0) is 0 Å². The van der Waals surface area contributed by atoms with Gasteiger partial charge in [0.1, 0.15) is 0 Å². The van der Waals surface area contributed by atoms with Gasteiger partial charge in [-0.15, -0.1) is 19.7 Å². The molecule has 0 aromatic rings. The fraction of sp³-hybridized carbons (Fsp3) is 0.692. The van der Waals surface area contributed by atoms with Crippen molar-refractivity contribution in [1.82, 2.24) is 0 Å². The van der Waals surface area contributed by atoms with Crippen LogP contribution in [0.15, 0.2) is 50.1 Å². The standard InChI is InChI=1S/C26H42/c1-6-11-23-12-9-18-25(16-7-2,19-10-13-23)26(17-8-3)20-14-24(15-21-26)22(4)5/h6-8,23-24H,1-4,9-21H2,5H3. The zero-order valence-corrected chi connectivity index (χ0v) is 17.4. The third kappa shape index (κ3) is 4.62. The van der Waals surface area contributed by atoms with Gasteiger partial charge in [0.25, 0.3) is 0 Å². The van der Waals surface area contributed by atoms with Gasteiger partial charge in [0.2, 0.25) is 0 Å². The molecule has 0 amide bonds. The predicted octanol–water partition coefficient (Wildman–Crippen LogP) is 8.42. The van der Waals surface area contributed by atoms with Gasteiger partial charge < -0.3 is 0 Å². The van der Waals surface area contributed by atoms with Crippen LogP contribution in [0.1, 0.15) is 90.4 Å². The first-order valence-electron chi connectivity index (χ1n) is 11.0. The Hall–Kier alpha value is -1.04. The summed E-state index contributed by atoms with van der Waals surface area (Å²) in [5.74, 6) is 1.60. The molecule has 0 saturated heterocycles. The lowest BCUT2D eigenvalue weighted by Crippen LogP contribution is -2.45. The van der Waals surface area contributed by atoms with Crippen molar-refractivity contribution in [3.05, 3.63) is 50.1 Å². The fourth-order valence-corrected chi connectivity index (χ4v) is 6.32. The number of allylic oxidation sites excluding steroid dienone is 4. The van der Waals surface area contributed by atoms with E-state index >= 15 is 0 Å². The number of rotatable bonds is 8. The summed E-state index contributed by atoms with van der Waals surface area (Å²) < 4.78 is 0. The molecule has 0 heterocycles. The molecule has 2 aliphatic rings. The van der Waals surface area contributed by atoms with Crippen LogP contribution >= 0.6 is 0 Å². The summed E-state index contributed by atoms with van der Waals surface area (Å²) in [4.78, 5) is 0. The summed E-state index contributed by atoms with van der Waals surface area (Å²) in [5, 5.41) is 0. The first-order chi connectivity index (χ1) is 12.5. The van der Waals surface area contributed by atoms with Crippen molar-refractivity contribution in [2.45, 2.75) is 90.4 Å². The van der Waals surface area contributed by atoms with Gasteiger partial charge in [-0.1, -0.05) is 56.1 Å². The second kappa shape index (κ2) is 9.77. The number of hydrogen-bond acceptors (Lipinski definition) is 0. The summed E-state index contributed by atoms with van der Waals surface area (Å²) in [6.07, 6.45) is 23.7. The van der Waals surface area contributed by atoms with E-state index in [1.165, 1.54) is 89.0 Å². The molecule has 2 fully saturated rings. The Bertz CT molecular complexity index is 476. The van der Waals surface area contributed by atoms with Crippen LogP contribution in [0.2, 0.25) is 0 Å². The van der Waals surface area contributed by atoms with E-state index < -0.39 is 0 Å². The highest BCUT2D eigenvalue weighted by Gasteiger charge is 2.50. The second-order valence-corrected chi connectivity index (χ2v) is 9.34. The van der Waals surface area contributed by atoms with Crippen LogP contribution in [0.3, 0.4) is 0 Å². The fourth-order valence-electron chi connectivity index (χ4n) is 6.32. The molecule has 0 radical (unpaired) electrons. The Balaban J connectivity index is 2.23. The summed E-state index contributed by atoms with van der Waals surface area (Å²) in [5.41, 5.74) is 2.25. The van der Waals surface area contributed by atoms with Gasteiger partial charge in [0.15, 0.2) is 0 Å². The third-order valence-electron chi connectivity index (χ3n) is 7.87. The molecule has 0 N–H and O–H groups in total. The highest BCUT2D eigenvalue weighted by molar-refractivity contribution is 5.09. The van der Waals surface area contributed by atoms with Crippen LogP contribution in [0.4, 0.5) is 0 Å². The highest BCUT2D eigenvalue weighted by atomic mass is 14.5. The Morgan fingerprint density at radius 1 is 0.808 bits per heavy atom. The molecule has 2 aliphatic carbocycles. The lowest BCUT2D eigenvalue weighted by molar-refractivity contribution is -0.0325. The van der Waals surface area contributed by atoms with E-state index in [2.05, 4.69) is 51.5 Å². The van der Waals surface area contributed by atoms with E-state index in [0.29, 0.717) is 10.8 Å². The molecule has 0 heteroatoms. The van der Waals surface area contributed by atoms with E-state index in [9.17, 15) is 0 Å². The zero-order chi connectivity index (χ0) is 19.0. The highest BCUT2D eigenvalue weighted by Crippen LogP contribution is 2.61. The van der Waals surface area contributed by atoms with Crippen molar-refractivity contribution in [1.29, 1.82) is 0 Å². The van der Waals surface area contributed by atoms with E-state index in [0.717, 1.165) is 11.8 Å². The Morgan fingerprint density at radius 3 is 1.73 bits per heavy atom. The molecule has 146 valence electrons. The Kier molecular flexibility index (Phi) is 7.99. The second-order valence-electron chi connectivity index (χ2n) is 9.34. The van der Waals surface area contributed by atoms with Crippen molar-refractivity contribution >= 4 is 0 Å². The maximum Gasteiger partial charge on any atom is -0.0203 e. The molecule has 0 bridgehead atoms. The average Bonchev–Trinajstić information content (AvgIpc) is 2.60. The molecule has 0 aromatic carbocycles. The Morgan fingerprint density at radius 2 is 1.31 bits per heavy atom. The molecule has 26 heavy (non-hydrogen) atoms. The molecule has 0 atom stereocenters. The Labute approximate surface area is 163 Å². The largest absolute Gasteiger partial charge is 0.103 e. The monoisotopic (exact) mass is 354 g/mol. The first-order valence-corrected chi connectivity index (χ1v) is 11.0. The van der Waals surface area contributed by atoms with Gasteiger partial charge in [0, 0.05) is 0 Å². The maximum atomic E-state index is 4.25. The molecule has 0 nitrogen and oxygen atoms in total. The molecular weight excluding hydrogens is 312 g/mol. The summed E-state index contributed by atoms with van der Waals surface area (Å²) in [7, 11) is 0. The molecule has 0 spiro atoms. The SMILES string of the molecule is C=CCC1CCCC(CC=C)(C2(CC=C)CCC(C(=C)C)CC2)CCC1. The van der Waals surface area contributed by atoms with E-state index in [1.807, 2.05) is 0 Å². The summed E-state index contributed by atoms with van der Waals surface area (Å²) >= 11 is 0. The average molecular weight is 355 g/mol.